The number of unbranched alkanes of at least 4 members (excludes halogenated alkanes) is 11. The Kier molecular flexibility index (Phi) is 16.5. The van der Waals surface area contributed by atoms with Crippen LogP contribution in [0, 0.1) is 0 Å². The van der Waals surface area contributed by atoms with Crippen molar-refractivity contribution in [2.45, 2.75) is 135 Å². The molecule has 0 spiro atoms. The number of aliphatic imine (C=N–C) groups is 1. The van der Waals surface area contributed by atoms with E-state index in [4.69, 9.17) is 9.42 Å². The standard InChI is InChI=1S/C37H59NO2Si/c1-7-8-9-10-11-12-13-14-15-16-17-18-25-30-35(40-41(5,6)37(2,3)4)34(31-39)38-36(32-26-21-19-22-27-32)33-28-23-20-24-29-33/h19-30,34-35,39H,7-18,31H2,1-6H3/b30-25+. The molecule has 3 nitrogen and oxygen atoms in total. The number of aliphatic hydroxyl groups excluding tert-OH is 1. The highest BCUT2D eigenvalue weighted by Crippen LogP contribution is 2.38. The first kappa shape index (κ1) is 35.2. The summed E-state index contributed by atoms with van der Waals surface area (Å²) in [6, 6.07) is 20.2. The van der Waals surface area contributed by atoms with Crippen molar-refractivity contribution in [1.82, 2.24) is 0 Å². The van der Waals surface area contributed by atoms with E-state index in [0.29, 0.717) is 0 Å². The van der Waals surface area contributed by atoms with E-state index in [9.17, 15) is 5.11 Å². The van der Waals surface area contributed by atoms with Crippen molar-refractivity contribution in [2.75, 3.05) is 6.61 Å². The third-order valence-corrected chi connectivity index (χ3v) is 13.0. The normalized spacial score (nSPS) is 13.8. The number of hydrogen-bond donors (Lipinski definition) is 1. The lowest BCUT2D eigenvalue weighted by Gasteiger charge is -2.40. The van der Waals surface area contributed by atoms with Crippen molar-refractivity contribution >= 4 is 14.0 Å². The number of rotatable bonds is 20. The van der Waals surface area contributed by atoms with Gasteiger partial charge in [0.15, 0.2) is 8.32 Å². The van der Waals surface area contributed by atoms with Crippen LogP contribution in [0.2, 0.25) is 18.1 Å². The molecule has 4 heteroatoms. The third-order valence-electron chi connectivity index (χ3n) is 8.49. The summed E-state index contributed by atoms with van der Waals surface area (Å²) in [4.78, 5) is 5.19. The van der Waals surface area contributed by atoms with Crippen LogP contribution in [0.25, 0.3) is 0 Å². The largest absolute Gasteiger partial charge is 0.408 e. The molecule has 2 rings (SSSR count). The monoisotopic (exact) mass is 577 g/mol. The second-order valence-corrected chi connectivity index (χ2v) is 17.8. The van der Waals surface area contributed by atoms with Crippen LogP contribution in [-0.4, -0.2) is 37.9 Å². The van der Waals surface area contributed by atoms with Crippen LogP contribution in [0.4, 0.5) is 0 Å². The molecule has 2 atom stereocenters. The maximum absolute atomic E-state index is 10.6. The maximum atomic E-state index is 10.6. The van der Waals surface area contributed by atoms with E-state index >= 15 is 0 Å². The molecule has 2 unspecified atom stereocenters. The Balaban J connectivity index is 2.09. The average Bonchev–Trinajstić information content (AvgIpc) is 2.96. The SMILES string of the molecule is CCCCCCCCCCCCC/C=C/C(O[Si](C)(C)C(C)(C)C)C(CO)N=C(c1ccccc1)c1ccccc1. The summed E-state index contributed by atoms with van der Waals surface area (Å²) in [5, 5.41) is 10.7. The lowest BCUT2D eigenvalue weighted by atomic mass is 10.0. The Morgan fingerprint density at radius 1 is 0.780 bits per heavy atom. The number of hydrogen-bond acceptors (Lipinski definition) is 3. The summed E-state index contributed by atoms with van der Waals surface area (Å²) in [5.74, 6) is 0. The number of nitrogens with zero attached hydrogens (tertiary/aromatic N) is 1. The first-order valence-electron chi connectivity index (χ1n) is 16.3. The molecule has 2 aromatic rings. The second-order valence-electron chi connectivity index (χ2n) is 13.1. The van der Waals surface area contributed by atoms with Crippen LogP contribution in [0.15, 0.2) is 77.8 Å². The summed E-state index contributed by atoms with van der Waals surface area (Å²) >= 11 is 0. The van der Waals surface area contributed by atoms with Gasteiger partial charge < -0.3 is 9.53 Å². The van der Waals surface area contributed by atoms with Gasteiger partial charge in [-0.05, 0) is 31.0 Å². The van der Waals surface area contributed by atoms with Gasteiger partial charge in [0.1, 0.15) is 6.04 Å². The molecule has 0 amide bonds. The van der Waals surface area contributed by atoms with Crippen LogP contribution in [0.1, 0.15) is 116 Å². The first-order valence-corrected chi connectivity index (χ1v) is 19.2. The molecule has 0 heterocycles. The van der Waals surface area contributed by atoms with E-state index < -0.39 is 8.32 Å². The van der Waals surface area contributed by atoms with Gasteiger partial charge in [-0.2, -0.15) is 0 Å². The van der Waals surface area contributed by atoms with Gasteiger partial charge in [0, 0.05) is 11.1 Å². The fraction of sp³-hybridized carbons (Fsp3) is 0.595. The quantitative estimate of drug-likeness (QED) is 0.0736. The molecule has 0 aliphatic carbocycles. The summed E-state index contributed by atoms with van der Waals surface area (Å²) in [6.07, 6.45) is 20.1. The Labute approximate surface area is 253 Å². The number of allylic oxidation sites excluding steroid dienone is 1. The van der Waals surface area contributed by atoms with Crippen molar-refractivity contribution < 1.29 is 9.53 Å². The second kappa shape index (κ2) is 19.2. The molecule has 1 N–H and O–H groups in total. The van der Waals surface area contributed by atoms with Crippen LogP contribution >= 0.6 is 0 Å². The highest BCUT2D eigenvalue weighted by atomic mass is 28.4. The molecule has 0 saturated carbocycles. The van der Waals surface area contributed by atoms with Crippen molar-refractivity contribution in [3.63, 3.8) is 0 Å². The van der Waals surface area contributed by atoms with Gasteiger partial charge in [0.05, 0.1) is 18.4 Å². The molecular formula is C37H59NO2Si. The molecule has 2 aromatic carbocycles. The molecule has 0 fully saturated rings. The van der Waals surface area contributed by atoms with Crippen LogP contribution in [0.3, 0.4) is 0 Å². The molecule has 0 radical (unpaired) electrons. The van der Waals surface area contributed by atoms with Crippen molar-refractivity contribution in [2.24, 2.45) is 4.99 Å². The maximum Gasteiger partial charge on any atom is 0.192 e. The van der Waals surface area contributed by atoms with E-state index in [-0.39, 0.29) is 23.8 Å². The Morgan fingerprint density at radius 2 is 1.24 bits per heavy atom. The minimum Gasteiger partial charge on any atom is -0.408 e. The molecule has 41 heavy (non-hydrogen) atoms. The Morgan fingerprint density at radius 3 is 1.68 bits per heavy atom. The van der Waals surface area contributed by atoms with Gasteiger partial charge >= 0.3 is 0 Å². The molecule has 0 aliphatic rings. The molecule has 0 saturated heterocycles. The molecular weight excluding hydrogens is 518 g/mol. The molecule has 0 bridgehead atoms. The van der Waals surface area contributed by atoms with Crippen LogP contribution in [-0.2, 0) is 4.43 Å². The first-order chi connectivity index (χ1) is 19.7. The topological polar surface area (TPSA) is 41.8 Å². The highest BCUT2D eigenvalue weighted by molar-refractivity contribution is 6.74. The van der Waals surface area contributed by atoms with Gasteiger partial charge in [0.2, 0.25) is 0 Å². The molecule has 228 valence electrons. The average molecular weight is 578 g/mol. The summed E-state index contributed by atoms with van der Waals surface area (Å²) in [6.45, 7) is 13.6. The summed E-state index contributed by atoms with van der Waals surface area (Å²) in [7, 11) is -2.09. The van der Waals surface area contributed by atoms with Gasteiger partial charge in [-0.15, -0.1) is 0 Å². The van der Waals surface area contributed by atoms with E-state index in [1.807, 2.05) is 36.4 Å². The van der Waals surface area contributed by atoms with E-state index in [1.54, 1.807) is 0 Å². The van der Waals surface area contributed by atoms with E-state index in [1.165, 1.54) is 70.6 Å². The van der Waals surface area contributed by atoms with E-state index in [2.05, 4.69) is 77.2 Å². The smallest absolute Gasteiger partial charge is 0.192 e. The van der Waals surface area contributed by atoms with Gasteiger partial charge in [-0.3, -0.25) is 4.99 Å². The van der Waals surface area contributed by atoms with Gasteiger partial charge in [-0.25, -0.2) is 0 Å². The lowest BCUT2D eigenvalue weighted by molar-refractivity contribution is 0.150. The fourth-order valence-corrected chi connectivity index (χ4v) is 6.08. The minimum absolute atomic E-state index is 0.0642. The van der Waals surface area contributed by atoms with E-state index in [0.717, 1.165) is 23.3 Å². The zero-order chi connectivity index (χ0) is 30.0. The van der Waals surface area contributed by atoms with Crippen LogP contribution < -0.4 is 0 Å². The fourth-order valence-electron chi connectivity index (χ4n) is 4.81. The zero-order valence-electron chi connectivity index (χ0n) is 27.1. The third kappa shape index (κ3) is 13.2. The lowest BCUT2D eigenvalue weighted by Crippen LogP contribution is -2.47. The Hall–Kier alpha value is -2.01. The number of aliphatic hydroxyl groups is 1. The zero-order valence-corrected chi connectivity index (χ0v) is 28.1. The van der Waals surface area contributed by atoms with Gasteiger partial charge in [-0.1, -0.05) is 165 Å². The van der Waals surface area contributed by atoms with Crippen molar-refractivity contribution in [1.29, 1.82) is 0 Å². The van der Waals surface area contributed by atoms with Gasteiger partial charge in [0.25, 0.3) is 0 Å². The summed E-state index contributed by atoms with van der Waals surface area (Å²) < 4.78 is 6.92. The van der Waals surface area contributed by atoms with Crippen molar-refractivity contribution in [3.05, 3.63) is 83.9 Å². The van der Waals surface area contributed by atoms with Crippen molar-refractivity contribution in [3.8, 4) is 0 Å². The van der Waals surface area contributed by atoms with Crippen LogP contribution in [0.5, 0.6) is 0 Å². The Bertz CT molecular complexity index is 953. The number of benzene rings is 2. The molecule has 0 aromatic heterocycles. The predicted octanol–water partition coefficient (Wildman–Crippen LogP) is 10.5. The summed E-state index contributed by atoms with van der Waals surface area (Å²) in [5.41, 5.74) is 2.99. The predicted molar refractivity (Wildman–Crippen MR) is 182 cm³/mol. The minimum atomic E-state index is -2.09. The molecule has 0 aliphatic heterocycles. The highest BCUT2D eigenvalue weighted by Gasteiger charge is 2.40.